The molecule has 0 radical (unpaired) electrons. The molecule has 0 aliphatic rings. The maximum absolute atomic E-state index is 11.8. The van der Waals surface area contributed by atoms with Crippen LogP contribution in [0.15, 0.2) is 48.9 Å². The number of Topliss-reactive ketones (excluding diaryl/α,β-unsaturated/α-hetero) is 1. The Hall–Kier alpha value is -2.97. The Morgan fingerprint density at radius 3 is 2.36 bits per heavy atom. The van der Waals surface area contributed by atoms with E-state index in [-0.39, 0.29) is 31.0 Å². The second-order valence-corrected chi connectivity index (χ2v) is 4.70. The lowest BCUT2D eigenvalue weighted by molar-refractivity contribution is -0.255. The molecule has 0 amide bonds. The number of aliphatic hydroxyl groups excluding tert-OH is 1. The Bertz CT molecular complexity index is 645. The molecule has 134 valence electrons. The minimum Gasteiger partial charge on any atom is -0.457 e. The second kappa shape index (κ2) is 10.7. The van der Waals surface area contributed by atoms with Crippen molar-refractivity contribution >= 4 is 17.7 Å². The number of hydrogen-bond donors (Lipinski definition) is 1. The highest BCUT2D eigenvalue weighted by Gasteiger charge is 2.17. The van der Waals surface area contributed by atoms with Gasteiger partial charge in [0, 0.05) is 11.1 Å². The van der Waals surface area contributed by atoms with Gasteiger partial charge in [0.2, 0.25) is 0 Å². The van der Waals surface area contributed by atoms with E-state index in [2.05, 4.69) is 21.1 Å². The lowest BCUT2D eigenvalue weighted by Crippen LogP contribution is -2.19. The Labute approximate surface area is 144 Å². The van der Waals surface area contributed by atoms with Crippen molar-refractivity contribution in [3.8, 4) is 0 Å². The molecular formula is C17H18O8. The van der Waals surface area contributed by atoms with Crippen LogP contribution in [0.5, 0.6) is 0 Å². The van der Waals surface area contributed by atoms with Gasteiger partial charge in [-0.2, -0.15) is 4.89 Å². The second-order valence-electron chi connectivity index (χ2n) is 4.70. The summed E-state index contributed by atoms with van der Waals surface area (Å²) < 4.78 is 9.30. The number of carbonyl (C=O) groups is 3. The zero-order valence-corrected chi connectivity index (χ0v) is 13.6. The molecule has 0 aliphatic carbocycles. The van der Waals surface area contributed by atoms with Crippen molar-refractivity contribution in [2.24, 2.45) is 0 Å². The molecule has 0 bridgehead atoms. The summed E-state index contributed by atoms with van der Waals surface area (Å²) in [4.78, 5) is 43.5. The van der Waals surface area contributed by atoms with Crippen molar-refractivity contribution in [3.63, 3.8) is 0 Å². The maximum Gasteiger partial charge on any atom is 0.379 e. The monoisotopic (exact) mass is 350 g/mol. The van der Waals surface area contributed by atoms with Gasteiger partial charge in [-0.05, 0) is 12.5 Å². The van der Waals surface area contributed by atoms with Gasteiger partial charge < -0.3 is 19.5 Å². The quantitative estimate of drug-likeness (QED) is 0.0987. The van der Waals surface area contributed by atoms with E-state index in [0.717, 1.165) is 12.5 Å². The Morgan fingerprint density at radius 2 is 1.76 bits per heavy atom. The van der Waals surface area contributed by atoms with Crippen molar-refractivity contribution in [3.05, 3.63) is 60.1 Å². The summed E-state index contributed by atoms with van der Waals surface area (Å²) in [5.74, 6) is -2.46. The molecule has 0 atom stereocenters. The highest BCUT2D eigenvalue weighted by Crippen LogP contribution is 2.06. The predicted molar refractivity (Wildman–Crippen MR) is 84.7 cm³/mol. The summed E-state index contributed by atoms with van der Waals surface area (Å²) >= 11 is 0. The molecule has 25 heavy (non-hydrogen) atoms. The average Bonchev–Trinajstić information content (AvgIpc) is 2.62. The molecule has 1 N–H and O–H groups in total. The van der Waals surface area contributed by atoms with E-state index in [9.17, 15) is 14.4 Å². The maximum atomic E-state index is 11.8. The fourth-order valence-corrected chi connectivity index (χ4v) is 1.41. The molecule has 0 aromatic heterocycles. The number of hydrogen-bond acceptors (Lipinski definition) is 8. The zero-order chi connectivity index (χ0) is 18.7. The van der Waals surface area contributed by atoms with Crippen LogP contribution in [-0.2, 0) is 35.4 Å². The van der Waals surface area contributed by atoms with Gasteiger partial charge in [-0.3, -0.25) is 4.79 Å². The zero-order valence-electron chi connectivity index (χ0n) is 13.6. The van der Waals surface area contributed by atoms with Gasteiger partial charge in [0.05, 0.1) is 6.61 Å². The first-order valence-corrected chi connectivity index (χ1v) is 7.16. The molecule has 1 rings (SSSR count). The first kappa shape index (κ1) is 20.1. The van der Waals surface area contributed by atoms with Gasteiger partial charge >= 0.3 is 11.9 Å². The predicted octanol–water partition coefficient (Wildman–Crippen LogP) is 1.44. The van der Waals surface area contributed by atoms with E-state index >= 15 is 0 Å². The van der Waals surface area contributed by atoms with E-state index in [1.807, 2.05) is 0 Å². The highest BCUT2D eigenvalue weighted by molar-refractivity contribution is 6.40. The van der Waals surface area contributed by atoms with Gasteiger partial charge in [-0.1, -0.05) is 30.8 Å². The Balaban J connectivity index is 2.21. The van der Waals surface area contributed by atoms with Gasteiger partial charge in [-0.25, -0.2) is 9.59 Å². The number of esters is 2. The van der Waals surface area contributed by atoms with Crippen molar-refractivity contribution in [1.29, 1.82) is 0 Å². The molecule has 1 aromatic carbocycles. The molecule has 0 spiro atoms. The summed E-state index contributed by atoms with van der Waals surface area (Å²) in [6.07, 6.45) is 1.93. The number of benzene rings is 1. The van der Waals surface area contributed by atoms with Crippen LogP contribution in [0, 0.1) is 0 Å². The Kier molecular flexibility index (Phi) is 8.62. The van der Waals surface area contributed by atoms with Crippen LogP contribution in [0.25, 0.3) is 0 Å². The van der Waals surface area contributed by atoms with Crippen molar-refractivity contribution < 1.29 is 38.7 Å². The average molecular weight is 350 g/mol. The van der Waals surface area contributed by atoms with Crippen LogP contribution in [0.3, 0.4) is 0 Å². The fraction of sp³-hybridized carbons (Fsp3) is 0.235. The molecule has 0 saturated heterocycles. The summed E-state index contributed by atoms with van der Waals surface area (Å²) in [7, 11) is 0. The van der Waals surface area contributed by atoms with E-state index in [0.29, 0.717) is 5.56 Å². The molecule has 8 heteroatoms. The van der Waals surface area contributed by atoms with Gasteiger partial charge in [0.15, 0.2) is 6.26 Å². The van der Waals surface area contributed by atoms with E-state index in [4.69, 9.17) is 9.84 Å². The van der Waals surface area contributed by atoms with Crippen LogP contribution >= 0.6 is 0 Å². The number of carbonyl (C=O) groups excluding carboxylic acids is 3. The normalized spacial score (nSPS) is 10.3. The minimum absolute atomic E-state index is 0.138. The molecule has 0 fully saturated rings. The third-order valence-electron chi connectivity index (χ3n) is 2.69. The van der Waals surface area contributed by atoms with E-state index < -0.39 is 17.7 Å². The number of ketones is 1. The largest absolute Gasteiger partial charge is 0.457 e. The molecule has 0 aliphatic heterocycles. The highest BCUT2D eigenvalue weighted by atomic mass is 17.2. The lowest BCUT2D eigenvalue weighted by Gasteiger charge is -2.04. The van der Waals surface area contributed by atoms with Crippen LogP contribution in [0.1, 0.15) is 22.8 Å². The first-order chi connectivity index (χ1) is 12.0. The third kappa shape index (κ3) is 7.42. The molecular weight excluding hydrogens is 332 g/mol. The third-order valence-corrected chi connectivity index (χ3v) is 2.69. The van der Waals surface area contributed by atoms with Crippen molar-refractivity contribution in [2.75, 3.05) is 13.2 Å². The summed E-state index contributed by atoms with van der Waals surface area (Å²) in [6, 6.07) is 5.91. The van der Waals surface area contributed by atoms with Crippen LogP contribution in [0.2, 0.25) is 0 Å². The molecule has 0 saturated carbocycles. The van der Waals surface area contributed by atoms with E-state index in [1.165, 1.54) is 31.2 Å². The minimum atomic E-state index is -1.04. The topological polar surface area (TPSA) is 108 Å². The number of ether oxygens (including phenoxy) is 2. The van der Waals surface area contributed by atoms with E-state index in [1.54, 1.807) is 0 Å². The van der Waals surface area contributed by atoms with Crippen LogP contribution in [0.4, 0.5) is 0 Å². The SMILES string of the molecule is C=C(C)C(=O)O/C=C\OOCCOC(=O)C(=O)c1ccc(CO)cc1. The smallest absolute Gasteiger partial charge is 0.379 e. The van der Waals surface area contributed by atoms with Crippen LogP contribution in [-0.4, -0.2) is 36.0 Å². The standard InChI is InChI=1S/C17H18O8/c1-12(2)16(20)22-7-9-24-25-10-8-23-17(21)15(19)14-5-3-13(11-18)4-6-14/h3-7,9,18H,1,8,10-11H2,2H3/b9-7-. The van der Waals surface area contributed by atoms with Gasteiger partial charge in [0.25, 0.3) is 5.78 Å². The summed E-state index contributed by atoms with van der Waals surface area (Å²) in [6.45, 7) is 4.38. The van der Waals surface area contributed by atoms with Crippen molar-refractivity contribution in [1.82, 2.24) is 0 Å². The summed E-state index contributed by atoms with van der Waals surface area (Å²) in [5, 5.41) is 8.91. The van der Waals surface area contributed by atoms with Gasteiger partial charge in [0.1, 0.15) is 19.5 Å². The van der Waals surface area contributed by atoms with Gasteiger partial charge in [-0.15, -0.1) is 0 Å². The first-order valence-electron chi connectivity index (χ1n) is 7.16. The van der Waals surface area contributed by atoms with Crippen LogP contribution < -0.4 is 0 Å². The Morgan fingerprint density at radius 1 is 1.08 bits per heavy atom. The molecule has 8 nitrogen and oxygen atoms in total. The fourth-order valence-electron chi connectivity index (χ4n) is 1.41. The number of rotatable bonds is 10. The van der Waals surface area contributed by atoms with Crippen molar-refractivity contribution in [2.45, 2.75) is 13.5 Å². The molecule has 0 heterocycles. The molecule has 1 aromatic rings. The summed E-state index contributed by atoms with van der Waals surface area (Å²) in [5.41, 5.74) is 1.01. The lowest BCUT2D eigenvalue weighted by atomic mass is 10.1. The molecule has 0 unspecified atom stereocenters. The number of aliphatic hydroxyl groups is 1.